The van der Waals surface area contributed by atoms with E-state index in [1.165, 1.54) is 13.8 Å². The first-order valence-electron chi connectivity index (χ1n) is 18.0. The van der Waals surface area contributed by atoms with E-state index in [9.17, 15) is 29.8 Å². The molecule has 0 aliphatic heterocycles. The Bertz CT molecular complexity index is 1980. The lowest BCUT2D eigenvalue weighted by Crippen LogP contribution is -2.34. The summed E-state index contributed by atoms with van der Waals surface area (Å²) in [5, 5.41) is 26.5. The molecule has 1 aromatic heterocycles. The average molecular weight is 796 g/mol. The van der Waals surface area contributed by atoms with Crippen LogP contribution in [-0.4, -0.2) is 76.8 Å². The smallest absolute Gasteiger partial charge is 0.465 e. The number of para-hydroxylation sites is 1. The van der Waals surface area contributed by atoms with Gasteiger partial charge in [0.05, 0.1) is 48.7 Å². The van der Waals surface area contributed by atoms with Crippen LogP contribution in [-0.2, 0) is 35.2 Å². The van der Waals surface area contributed by atoms with Crippen LogP contribution in [0.15, 0.2) is 88.9 Å². The molecule has 0 fully saturated rings. The van der Waals surface area contributed by atoms with Gasteiger partial charge in [0, 0.05) is 25.7 Å². The number of ether oxygens (including phenoxy) is 5. The van der Waals surface area contributed by atoms with Gasteiger partial charge in [0.25, 0.3) is 22.0 Å². The van der Waals surface area contributed by atoms with Crippen molar-refractivity contribution in [1.29, 1.82) is 0 Å². The number of benzene rings is 2. The van der Waals surface area contributed by atoms with Gasteiger partial charge in [0.1, 0.15) is 13.2 Å². The van der Waals surface area contributed by atoms with Gasteiger partial charge in [-0.15, -0.1) is 25.3 Å². The largest absolute Gasteiger partial charge is 0.511 e. The summed E-state index contributed by atoms with van der Waals surface area (Å²) >= 11 is 0. The summed E-state index contributed by atoms with van der Waals surface area (Å²) in [4.78, 5) is 60.0. The van der Waals surface area contributed by atoms with Gasteiger partial charge < -0.3 is 39.2 Å². The number of nitrogens with zero attached hydrogens (tertiary/aromatic N) is 6. The molecule has 0 radical (unpaired) electrons. The lowest BCUT2D eigenvalue weighted by atomic mass is 9.80. The number of hydrogen-bond acceptors (Lipinski definition) is 16. The molecule has 20 heteroatoms. The zero-order valence-electron chi connectivity index (χ0n) is 31.9. The first-order valence-corrected chi connectivity index (χ1v) is 18.0. The Balaban J connectivity index is 1.44. The Hall–Kier alpha value is -6.57. The number of unbranched alkanes of at least 4 members (excludes halogenated alkanes) is 1. The number of hydrogen-bond donors (Lipinski definition) is 1. The van der Waals surface area contributed by atoms with E-state index in [1.807, 2.05) is 43.3 Å². The minimum Gasteiger partial charge on any atom is -0.465 e. The summed E-state index contributed by atoms with van der Waals surface area (Å²) in [5.74, 6) is 2.78. The molecule has 3 unspecified atom stereocenters. The highest BCUT2D eigenvalue weighted by molar-refractivity contribution is 6.02. The molecule has 1 heterocycles. The van der Waals surface area contributed by atoms with Crippen LogP contribution in [0.1, 0.15) is 67.9 Å². The van der Waals surface area contributed by atoms with E-state index in [1.54, 1.807) is 22.8 Å². The molecule has 1 aliphatic carbocycles. The van der Waals surface area contributed by atoms with Gasteiger partial charge in [-0.2, -0.15) is 4.98 Å². The first kappa shape index (κ1) is 43.2. The third kappa shape index (κ3) is 12.7. The second-order valence-electron chi connectivity index (χ2n) is 12.8. The van der Waals surface area contributed by atoms with Crippen LogP contribution in [0.2, 0.25) is 0 Å². The van der Waals surface area contributed by atoms with Gasteiger partial charge in [-0.1, -0.05) is 79.3 Å². The van der Waals surface area contributed by atoms with Gasteiger partial charge in [0.2, 0.25) is 0 Å². The van der Waals surface area contributed by atoms with Crippen molar-refractivity contribution in [2.24, 2.45) is 22.1 Å². The second-order valence-corrected chi connectivity index (χ2v) is 12.8. The van der Waals surface area contributed by atoms with Crippen LogP contribution in [0, 0.1) is 26.1 Å². The number of carbonyl (C=O) groups is 2. The summed E-state index contributed by atoms with van der Waals surface area (Å²) < 4.78 is 28.6. The van der Waals surface area contributed by atoms with Gasteiger partial charge in [-0.05, 0) is 36.6 Å². The van der Waals surface area contributed by atoms with E-state index in [0.717, 1.165) is 29.7 Å². The SMILES string of the molecule is CCC/C=C(/N=NN)C1C=CC=CC1c1ccc(Cn2c(OCC)nc3cccc(C(=O)OC(C)(C)OC(=O)OCCOCC(CO[N+](=O)[O-])O[N+](=O)[O-])c32)cc1. The Morgan fingerprint density at radius 2 is 1.77 bits per heavy atom. The lowest BCUT2D eigenvalue weighted by Gasteiger charge is -2.25. The van der Waals surface area contributed by atoms with Crippen LogP contribution in [0.25, 0.3) is 11.0 Å². The predicted molar refractivity (Wildman–Crippen MR) is 201 cm³/mol. The summed E-state index contributed by atoms with van der Waals surface area (Å²) in [6, 6.07) is 13.3. The maximum atomic E-state index is 13.7. The van der Waals surface area contributed by atoms with Crippen molar-refractivity contribution in [3.8, 4) is 6.01 Å². The van der Waals surface area contributed by atoms with Crippen LogP contribution >= 0.6 is 0 Å². The molecule has 0 spiro atoms. The average Bonchev–Trinajstić information content (AvgIpc) is 3.51. The molecule has 0 amide bonds. The number of allylic oxidation sites excluding steroid dienone is 5. The van der Waals surface area contributed by atoms with E-state index < -0.39 is 47.4 Å². The van der Waals surface area contributed by atoms with E-state index in [2.05, 4.69) is 50.1 Å². The third-order valence-corrected chi connectivity index (χ3v) is 8.24. The van der Waals surface area contributed by atoms with Gasteiger partial charge in [-0.3, -0.25) is 4.57 Å². The van der Waals surface area contributed by atoms with Crippen LogP contribution < -0.4 is 10.6 Å². The fourth-order valence-electron chi connectivity index (χ4n) is 5.86. The molecule has 3 aromatic rings. The summed E-state index contributed by atoms with van der Waals surface area (Å²) in [5.41, 5.74) is 3.81. The highest BCUT2D eigenvalue weighted by Crippen LogP contribution is 2.36. The molecule has 0 saturated carbocycles. The number of esters is 1. The molecule has 4 rings (SSSR count). The zero-order chi connectivity index (χ0) is 41.4. The number of carbonyl (C=O) groups excluding carboxylic acids is 2. The topological polar surface area (TPSA) is 254 Å². The number of fused-ring (bicyclic) bond motifs is 1. The molecule has 1 aliphatic rings. The van der Waals surface area contributed by atoms with Crippen molar-refractivity contribution >= 4 is 23.2 Å². The minimum absolute atomic E-state index is 0.00336. The van der Waals surface area contributed by atoms with Gasteiger partial charge in [-0.25, -0.2) is 9.59 Å². The van der Waals surface area contributed by atoms with Crippen molar-refractivity contribution in [1.82, 2.24) is 9.55 Å². The van der Waals surface area contributed by atoms with Crippen molar-refractivity contribution < 1.29 is 53.1 Å². The molecular formula is C37H45N7O13. The van der Waals surface area contributed by atoms with Crippen LogP contribution in [0.4, 0.5) is 4.79 Å². The van der Waals surface area contributed by atoms with Crippen molar-refractivity contribution in [2.75, 3.05) is 33.0 Å². The lowest BCUT2D eigenvalue weighted by molar-refractivity contribution is -0.790. The molecule has 3 atom stereocenters. The number of imidazole rings is 1. The molecular weight excluding hydrogens is 750 g/mol. The molecule has 0 saturated heterocycles. The normalized spacial score (nSPS) is 16.0. The monoisotopic (exact) mass is 795 g/mol. The Kier molecular flexibility index (Phi) is 15.8. The molecule has 2 N–H and O–H groups in total. The predicted octanol–water partition coefficient (Wildman–Crippen LogP) is 6.17. The van der Waals surface area contributed by atoms with Crippen LogP contribution in [0.3, 0.4) is 0 Å². The Morgan fingerprint density at radius 3 is 2.46 bits per heavy atom. The quantitative estimate of drug-likeness (QED) is 0.0227. The van der Waals surface area contributed by atoms with E-state index in [0.29, 0.717) is 24.2 Å². The number of aromatic nitrogens is 2. The first-order chi connectivity index (χ1) is 27.3. The Labute approximate surface area is 327 Å². The highest BCUT2D eigenvalue weighted by Gasteiger charge is 2.31. The van der Waals surface area contributed by atoms with Crippen molar-refractivity contribution in [2.45, 2.75) is 64.9 Å². The van der Waals surface area contributed by atoms with E-state index >= 15 is 0 Å². The Morgan fingerprint density at radius 1 is 1.02 bits per heavy atom. The zero-order valence-corrected chi connectivity index (χ0v) is 31.9. The van der Waals surface area contributed by atoms with Crippen LogP contribution in [0.5, 0.6) is 6.01 Å². The number of rotatable bonds is 22. The molecule has 0 bridgehead atoms. The standard InChI is InChI=1S/C37H45N7O13/c1-5-7-14-31(40-41-38)29-12-9-8-11-28(29)26-18-16-25(17-19-26)22-42-33-30(13-10-15-32(33)39-35(42)52-6-2)34(45)55-37(3,4)56-36(46)53-21-20-51-23-27(57-44(49)50)24-54-43(47)48/h8-19,27-29H,5-7,20-24H2,1-4H3,(H2,38,40)/b31-14+. The second kappa shape index (κ2) is 20.9. The molecule has 57 heavy (non-hydrogen) atoms. The van der Waals surface area contributed by atoms with Crippen molar-refractivity contribution in [3.05, 3.63) is 115 Å². The van der Waals surface area contributed by atoms with Crippen molar-refractivity contribution in [3.63, 3.8) is 0 Å². The van der Waals surface area contributed by atoms with Gasteiger partial charge in [0.15, 0.2) is 6.10 Å². The number of nitrogens with two attached hydrogens (primary N) is 1. The molecule has 306 valence electrons. The fourth-order valence-corrected chi connectivity index (χ4v) is 5.86. The van der Waals surface area contributed by atoms with Gasteiger partial charge >= 0.3 is 12.1 Å². The molecule has 20 nitrogen and oxygen atoms in total. The summed E-state index contributed by atoms with van der Waals surface area (Å²) in [6.07, 6.45) is 9.47. The summed E-state index contributed by atoms with van der Waals surface area (Å²) in [6.45, 7) is 5.30. The maximum Gasteiger partial charge on any atom is 0.511 e. The highest BCUT2D eigenvalue weighted by atomic mass is 17.0. The molecule has 2 aromatic carbocycles. The fraction of sp³-hybridized carbons (Fsp3) is 0.432. The minimum atomic E-state index is -1.80. The van der Waals surface area contributed by atoms with E-state index in [4.69, 9.17) is 29.5 Å². The third-order valence-electron chi connectivity index (χ3n) is 8.24. The van der Waals surface area contributed by atoms with E-state index in [-0.39, 0.29) is 36.6 Å². The maximum absolute atomic E-state index is 13.7. The summed E-state index contributed by atoms with van der Waals surface area (Å²) in [7, 11) is 0.